The Morgan fingerprint density at radius 1 is 1.11 bits per heavy atom. The molecule has 0 saturated carbocycles. The molecule has 9 heavy (non-hydrogen) atoms. The van der Waals surface area contributed by atoms with Gasteiger partial charge in [-0.2, -0.15) is 0 Å². The van der Waals surface area contributed by atoms with Gasteiger partial charge >= 0.3 is 0 Å². The molecule has 0 rings (SSSR count). The van der Waals surface area contributed by atoms with Gasteiger partial charge in [-0.1, -0.05) is 0 Å². The van der Waals surface area contributed by atoms with Crippen molar-refractivity contribution in [2.75, 3.05) is 19.8 Å². The summed E-state index contributed by atoms with van der Waals surface area (Å²) >= 11 is 0. The molecule has 0 aromatic carbocycles. The fraction of sp³-hybridized carbons (Fsp3) is 0.833. The van der Waals surface area contributed by atoms with Crippen molar-refractivity contribution in [3.05, 3.63) is 6.42 Å². The van der Waals surface area contributed by atoms with Crippen molar-refractivity contribution in [3.8, 4) is 0 Å². The Morgan fingerprint density at radius 2 is 1.67 bits per heavy atom. The van der Waals surface area contributed by atoms with Crippen LogP contribution in [0.25, 0.3) is 0 Å². The lowest BCUT2D eigenvalue weighted by molar-refractivity contribution is 0.163. The van der Waals surface area contributed by atoms with Crippen LogP contribution in [-0.4, -0.2) is 35.1 Å². The van der Waals surface area contributed by atoms with Gasteiger partial charge in [-0.25, -0.2) is 0 Å². The van der Waals surface area contributed by atoms with Gasteiger partial charge in [-0.15, -0.1) is 0 Å². The Bertz CT molecular complexity index is 52.3. The molecular formula is C6H13O3. The van der Waals surface area contributed by atoms with E-state index in [4.69, 9.17) is 15.3 Å². The van der Waals surface area contributed by atoms with Crippen LogP contribution in [0.1, 0.15) is 6.42 Å². The number of rotatable bonds is 5. The summed E-state index contributed by atoms with van der Waals surface area (Å²) < 4.78 is 0. The highest BCUT2D eigenvalue weighted by Crippen LogP contribution is 2.01. The highest BCUT2D eigenvalue weighted by molar-refractivity contribution is 4.73. The summed E-state index contributed by atoms with van der Waals surface area (Å²) in [5, 5.41) is 25.3. The van der Waals surface area contributed by atoms with E-state index < -0.39 is 0 Å². The zero-order valence-corrected chi connectivity index (χ0v) is 5.32. The second-order valence-electron chi connectivity index (χ2n) is 1.87. The topological polar surface area (TPSA) is 60.7 Å². The summed E-state index contributed by atoms with van der Waals surface area (Å²) in [6.45, 7) is -0.0104. The first-order valence-corrected chi connectivity index (χ1v) is 3.01. The molecule has 0 bridgehead atoms. The molecule has 1 radical (unpaired) electrons. The van der Waals surface area contributed by atoms with Gasteiger partial charge in [0.1, 0.15) is 0 Å². The smallest absolute Gasteiger partial charge is 0.0483 e. The predicted molar refractivity (Wildman–Crippen MR) is 33.7 cm³/mol. The molecule has 0 aliphatic heterocycles. The maximum absolute atomic E-state index is 8.48. The van der Waals surface area contributed by atoms with Crippen molar-refractivity contribution in [1.29, 1.82) is 0 Å². The molecule has 3 nitrogen and oxygen atoms in total. The molecule has 0 saturated heterocycles. The van der Waals surface area contributed by atoms with E-state index in [-0.39, 0.29) is 25.7 Å². The molecule has 0 aliphatic rings. The molecule has 0 unspecified atom stereocenters. The first-order chi connectivity index (χ1) is 4.35. The van der Waals surface area contributed by atoms with Crippen molar-refractivity contribution in [2.45, 2.75) is 6.42 Å². The van der Waals surface area contributed by atoms with Crippen molar-refractivity contribution < 1.29 is 15.3 Å². The average molecular weight is 133 g/mol. The number of hydrogen-bond acceptors (Lipinski definition) is 3. The lowest BCUT2D eigenvalue weighted by atomic mass is 10.1. The second kappa shape index (κ2) is 6.01. The molecule has 0 heterocycles. The maximum atomic E-state index is 8.48. The summed E-state index contributed by atoms with van der Waals surface area (Å²) in [7, 11) is 0. The Hall–Kier alpha value is -0.120. The van der Waals surface area contributed by atoms with E-state index in [2.05, 4.69) is 0 Å². The molecular weight excluding hydrogens is 120 g/mol. The first-order valence-electron chi connectivity index (χ1n) is 3.01. The van der Waals surface area contributed by atoms with Crippen molar-refractivity contribution in [3.63, 3.8) is 0 Å². The molecule has 3 N–H and O–H groups in total. The van der Waals surface area contributed by atoms with Crippen LogP contribution in [0.2, 0.25) is 0 Å². The molecule has 0 fully saturated rings. The van der Waals surface area contributed by atoms with Crippen LogP contribution < -0.4 is 0 Å². The summed E-state index contributed by atoms with van der Waals surface area (Å²) in [5.74, 6) is -0.169. The largest absolute Gasteiger partial charge is 0.396 e. The van der Waals surface area contributed by atoms with Crippen LogP contribution in [0.3, 0.4) is 0 Å². The van der Waals surface area contributed by atoms with Gasteiger partial charge < -0.3 is 15.3 Å². The molecule has 0 aromatic heterocycles. The van der Waals surface area contributed by atoms with E-state index in [1.54, 1.807) is 6.42 Å². The zero-order chi connectivity index (χ0) is 7.11. The maximum Gasteiger partial charge on any atom is 0.0483 e. The third-order valence-electron chi connectivity index (χ3n) is 1.10. The fourth-order valence-electron chi connectivity index (χ4n) is 0.517. The summed E-state index contributed by atoms with van der Waals surface area (Å²) in [6, 6.07) is 0. The SMILES string of the molecule is OCC[CH]C(CO)CO. The van der Waals surface area contributed by atoms with Crippen molar-refractivity contribution in [2.24, 2.45) is 5.92 Å². The Kier molecular flexibility index (Phi) is 5.93. The summed E-state index contributed by atoms with van der Waals surface area (Å²) in [4.78, 5) is 0. The van der Waals surface area contributed by atoms with Crippen LogP contribution in [0.5, 0.6) is 0 Å². The quantitative estimate of drug-likeness (QED) is 0.459. The number of aliphatic hydroxyl groups is 3. The summed E-state index contributed by atoms with van der Waals surface area (Å²) in [5.41, 5.74) is 0. The van der Waals surface area contributed by atoms with Crippen LogP contribution in [0.15, 0.2) is 0 Å². The standard InChI is InChI=1S/C6H13O3/c7-3-1-2-6(4-8)5-9/h2,6-9H,1,3-5H2. The number of hydrogen-bond donors (Lipinski definition) is 3. The monoisotopic (exact) mass is 133 g/mol. The molecule has 0 aromatic rings. The lowest BCUT2D eigenvalue weighted by Gasteiger charge is -2.07. The van der Waals surface area contributed by atoms with Crippen molar-refractivity contribution in [1.82, 2.24) is 0 Å². The lowest BCUT2D eigenvalue weighted by Crippen LogP contribution is -2.11. The zero-order valence-electron chi connectivity index (χ0n) is 5.32. The Morgan fingerprint density at radius 3 is 2.00 bits per heavy atom. The average Bonchev–Trinajstić information content (AvgIpc) is 1.91. The Labute approximate surface area is 54.9 Å². The molecule has 3 heteroatoms. The third kappa shape index (κ3) is 4.39. The van der Waals surface area contributed by atoms with E-state index in [0.29, 0.717) is 6.42 Å². The van der Waals surface area contributed by atoms with E-state index in [1.165, 1.54) is 0 Å². The molecule has 0 spiro atoms. The molecule has 0 atom stereocenters. The van der Waals surface area contributed by atoms with Gasteiger partial charge in [0.05, 0.1) is 0 Å². The van der Waals surface area contributed by atoms with Crippen LogP contribution >= 0.6 is 0 Å². The Balaban J connectivity index is 3.09. The van der Waals surface area contributed by atoms with Gasteiger partial charge in [0, 0.05) is 25.7 Å². The minimum atomic E-state index is -0.169. The molecule has 0 aliphatic carbocycles. The number of aliphatic hydroxyl groups excluding tert-OH is 3. The van der Waals surface area contributed by atoms with Crippen LogP contribution in [0.4, 0.5) is 0 Å². The van der Waals surface area contributed by atoms with Gasteiger partial charge in [0.25, 0.3) is 0 Å². The van der Waals surface area contributed by atoms with E-state index in [1.807, 2.05) is 0 Å². The van der Waals surface area contributed by atoms with Gasteiger partial charge in [-0.05, 0) is 12.8 Å². The fourth-order valence-corrected chi connectivity index (χ4v) is 0.517. The molecule has 55 valence electrons. The van der Waals surface area contributed by atoms with Gasteiger partial charge in [0.2, 0.25) is 0 Å². The summed E-state index contributed by atoms with van der Waals surface area (Å²) in [6.07, 6.45) is 2.24. The van der Waals surface area contributed by atoms with Gasteiger partial charge in [-0.3, -0.25) is 0 Å². The van der Waals surface area contributed by atoms with Crippen LogP contribution in [-0.2, 0) is 0 Å². The highest BCUT2D eigenvalue weighted by atomic mass is 16.3. The predicted octanol–water partition coefficient (Wildman–Crippen LogP) is -0.826. The minimum absolute atomic E-state index is 0.0451. The van der Waals surface area contributed by atoms with Crippen LogP contribution in [0, 0.1) is 12.3 Å². The second-order valence-corrected chi connectivity index (χ2v) is 1.87. The third-order valence-corrected chi connectivity index (χ3v) is 1.10. The van der Waals surface area contributed by atoms with E-state index in [0.717, 1.165) is 0 Å². The first kappa shape index (κ1) is 8.88. The highest BCUT2D eigenvalue weighted by Gasteiger charge is 2.03. The van der Waals surface area contributed by atoms with E-state index >= 15 is 0 Å². The van der Waals surface area contributed by atoms with E-state index in [9.17, 15) is 0 Å². The normalized spacial score (nSPS) is 10.7. The minimum Gasteiger partial charge on any atom is -0.396 e. The van der Waals surface area contributed by atoms with Gasteiger partial charge in [0.15, 0.2) is 0 Å². The molecule has 0 amide bonds. The van der Waals surface area contributed by atoms with Crippen molar-refractivity contribution >= 4 is 0 Å².